The molecule has 0 radical (unpaired) electrons. The Morgan fingerprint density at radius 2 is 2.10 bits per heavy atom. The molecule has 1 aliphatic rings. The number of allylic oxidation sites excluding steroid dienone is 1. The third kappa shape index (κ3) is 8.50. The molecule has 0 aromatic heterocycles. The third-order valence-corrected chi connectivity index (χ3v) is 3.52. The quantitative estimate of drug-likeness (QED) is 0.632. The minimum absolute atomic E-state index is 0.0340. The fourth-order valence-electron chi connectivity index (χ4n) is 2.67. The summed E-state index contributed by atoms with van der Waals surface area (Å²) >= 11 is 0. The monoisotopic (exact) mass is 295 g/mol. The molecule has 0 bridgehead atoms. The van der Waals surface area contributed by atoms with Gasteiger partial charge in [0.2, 0.25) is 11.8 Å². The van der Waals surface area contributed by atoms with E-state index >= 15 is 0 Å². The Bertz CT molecular complexity index is 378. The molecule has 5 nitrogen and oxygen atoms in total. The van der Waals surface area contributed by atoms with Crippen molar-refractivity contribution in [1.82, 2.24) is 10.2 Å². The highest BCUT2D eigenvalue weighted by Crippen LogP contribution is 2.19. The van der Waals surface area contributed by atoms with Crippen molar-refractivity contribution in [2.75, 3.05) is 26.2 Å². The molecule has 120 valence electrons. The van der Waals surface area contributed by atoms with E-state index in [-0.39, 0.29) is 19.0 Å². The maximum atomic E-state index is 11.9. The molecule has 21 heavy (non-hydrogen) atoms. The summed E-state index contributed by atoms with van der Waals surface area (Å²) in [6.45, 7) is 5.86. The van der Waals surface area contributed by atoms with Crippen molar-refractivity contribution in [2.24, 2.45) is 11.7 Å². The Kier molecular flexibility index (Phi) is 8.05. The third-order valence-electron chi connectivity index (χ3n) is 3.52. The van der Waals surface area contributed by atoms with Crippen LogP contribution in [0.4, 0.5) is 0 Å². The molecular formula is C16H29N3O2. The zero-order valence-corrected chi connectivity index (χ0v) is 13.4. The van der Waals surface area contributed by atoms with Gasteiger partial charge in [-0.15, -0.1) is 0 Å². The molecule has 3 N–H and O–H groups in total. The Morgan fingerprint density at radius 1 is 1.33 bits per heavy atom. The van der Waals surface area contributed by atoms with Gasteiger partial charge in [-0.25, -0.2) is 0 Å². The van der Waals surface area contributed by atoms with Gasteiger partial charge in [-0.2, -0.15) is 0 Å². The van der Waals surface area contributed by atoms with Crippen LogP contribution in [0.2, 0.25) is 0 Å². The lowest BCUT2D eigenvalue weighted by atomic mass is 9.97. The highest BCUT2D eigenvalue weighted by atomic mass is 16.2. The Labute approximate surface area is 127 Å². The van der Waals surface area contributed by atoms with Crippen LogP contribution in [-0.4, -0.2) is 42.9 Å². The smallest absolute Gasteiger partial charge is 0.234 e. The average molecular weight is 295 g/mol. The second-order valence-electron chi connectivity index (χ2n) is 6.24. The van der Waals surface area contributed by atoms with Gasteiger partial charge in [0, 0.05) is 13.1 Å². The SMILES string of the molecule is CC(C)CN(CC(N)=O)CC(=O)NCCC1=CCCCC1. The number of rotatable bonds is 9. The van der Waals surface area contributed by atoms with Crippen molar-refractivity contribution in [3.05, 3.63) is 11.6 Å². The molecule has 0 aromatic rings. The molecule has 1 rings (SSSR count). The summed E-state index contributed by atoms with van der Waals surface area (Å²) in [7, 11) is 0. The summed E-state index contributed by atoms with van der Waals surface area (Å²) in [5.41, 5.74) is 6.68. The molecule has 0 atom stereocenters. The number of amides is 2. The standard InChI is InChI=1S/C16H29N3O2/c1-13(2)10-19(11-15(17)20)12-16(21)18-9-8-14-6-4-3-5-7-14/h6,13H,3-5,7-12H2,1-2H3,(H2,17,20)(H,18,21). The fourth-order valence-corrected chi connectivity index (χ4v) is 2.67. The van der Waals surface area contributed by atoms with Crippen LogP contribution >= 0.6 is 0 Å². The van der Waals surface area contributed by atoms with Crippen molar-refractivity contribution in [1.29, 1.82) is 0 Å². The van der Waals surface area contributed by atoms with Gasteiger partial charge in [0.1, 0.15) is 0 Å². The van der Waals surface area contributed by atoms with Crippen LogP contribution < -0.4 is 11.1 Å². The first-order valence-electron chi connectivity index (χ1n) is 7.92. The maximum Gasteiger partial charge on any atom is 0.234 e. The Morgan fingerprint density at radius 3 is 2.67 bits per heavy atom. The van der Waals surface area contributed by atoms with E-state index in [0.29, 0.717) is 19.0 Å². The van der Waals surface area contributed by atoms with E-state index in [0.717, 1.165) is 12.8 Å². The van der Waals surface area contributed by atoms with Gasteiger partial charge in [0.15, 0.2) is 0 Å². The van der Waals surface area contributed by atoms with Gasteiger partial charge in [-0.3, -0.25) is 14.5 Å². The van der Waals surface area contributed by atoms with E-state index < -0.39 is 5.91 Å². The average Bonchev–Trinajstić information content (AvgIpc) is 2.38. The lowest BCUT2D eigenvalue weighted by molar-refractivity contribution is -0.124. The molecular weight excluding hydrogens is 266 g/mol. The van der Waals surface area contributed by atoms with E-state index in [4.69, 9.17) is 5.73 Å². The van der Waals surface area contributed by atoms with Crippen LogP contribution in [0.25, 0.3) is 0 Å². The topological polar surface area (TPSA) is 75.4 Å². The van der Waals surface area contributed by atoms with Crippen molar-refractivity contribution < 1.29 is 9.59 Å². The molecule has 0 saturated carbocycles. The zero-order valence-electron chi connectivity index (χ0n) is 13.4. The lowest BCUT2D eigenvalue weighted by Gasteiger charge is -2.22. The van der Waals surface area contributed by atoms with E-state index in [1.54, 1.807) is 0 Å². The van der Waals surface area contributed by atoms with E-state index in [9.17, 15) is 9.59 Å². The first-order chi connectivity index (χ1) is 9.97. The van der Waals surface area contributed by atoms with E-state index in [1.807, 2.05) is 4.90 Å². The Hall–Kier alpha value is -1.36. The number of nitrogens with one attached hydrogen (secondary N) is 1. The number of carbonyl (C=O) groups excluding carboxylic acids is 2. The molecule has 0 spiro atoms. The maximum absolute atomic E-state index is 11.9. The molecule has 0 aliphatic heterocycles. The highest BCUT2D eigenvalue weighted by Gasteiger charge is 2.14. The minimum Gasteiger partial charge on any atom is -0.369 e. The number of hydrogen-bond donors (Lipinski definition) is 2. The van der Waals surface area contributed by atoms with Gasteiger partial charge < -0.3 is 11.1 Å². The predicted molar refractivity (Wildman–Crippen MR) is 84.7 cm³/mol. The van der Waals surface area contributed by atoms with Crippen LogP contribution in [0.1, 0.15) is 46.0 Å². The van der Waals surface area contributed by atoms with Crippen molar-refractivity contribution >= 4 is 11.8 Å². The molecule has 0 saturated heterocycles. The van der Waals surface area contributed by atoms with Gasteiger partial charge >= 0.3 is 0 Å². The summed E-state index contributed by atoms with van der Waals surface area (Å²) in [6, 6.07) is 0. The second kappa shape index (κ2) is 9.55. The minimum atomic E-state index is -0.393. The van der Waals surface area contributed by atoms with E-state index in [2.05, 4.69) is 25.2 Å². The number of nitrogens with two attached hydrogens (primary N) is 1. The van der Waals surface area contributed by atoms with Gasteiger partial charge in [-0.1, -0.05) is 25.5 Å². The number of hydrogen-bond acceptors (Lipinski definition) is 3. The summed E-state index contributed by atoms with van der Waals surface area (Å²) in [5, 5.41) is 2.93. The molecule has 0 unspecified atom stereocenters. The zero-order chi connectivity index (χ0) is 15.7. The summed E-state index contributed by atoms with van der Waals surface area (Å²) < 4.78 is 0. The predicted octanol–water partition coefficient (Wildman–Crippen LogP) is 1.44. The van der Waals surface area contributed by atoms with Gasteiger partial charge in [0.05, 0.1) is 13.1 Å². The summed E-state index contributed by atoms with van der Waals surface area (Å²) in [4.78, 5) is 24.8. The van der Waals surface area contributed by atoms with Crippen LogP contribution in [0.3, 0.4) is 0 Å². The van der Waals surface area contributed by atoms with Crippen LogP contribution in [0, 0.1) is 5.92 Å². The van der Waals surface area contributed by atoms with Crippen LogP contribution in [0.5, 0.6) is 0 Å². The van der Waals surface area contributed by atoms with Gasteiger partial charge in [0.25, 0.3) is 0 Å². The number of carbonyl (C=O) groups is 2. The molecule has 0 heterocycles. The molecule has 0 aromatic carbocycles. The van der Waals surface area contributed by atoms with Crippen molar-refractivity contribution in [2.45, 2.75) is 46.0 Å². The van der Waals surface area contributed by atoms with E-state index in [1.165, 1.54) is 24.8 Å². The number of primary amides is 1. The lowest BCUT2D eigenvalue weighted by Crippen LogP contribution is -2.43. The van der Waals surface area contributed by atoms with Gasteiger partial charge in [-0.05, 0) is 38.0 Å². The van der Waals surface area contributed by atoms with Crippen molar-refractivity contribution in [3.63, 3.8) is 0 Å². The molecule has 5 heteroatoms. The molecule has 1 aliphatic carbocycles. The molecule has 2 amide bonds. The summed E-state index contributed by atoms with van der Waals surface area (Å²) in [5.74, 6) is -0.0336. The normalized spacial score (nSPS) is 15.1. The highest BCUT2D eigenvalue weighted by molar-refractivity contribution is 5.80. The molecule has 0 fully saturated rings. The first kappa shape index (κ1) is 17.7. The van der Waals surface area contributed by atoms with Crippen LogP contribution in [0.15, 0.2) is 11.6 Å². The summed E-state index contributed by atoms with van der Waals surface area (Å²) in [6.07, 6.45) is 8.12. The van der Waals surface area contributed by atoms with Crippen LogP contribution in [-0.2, 0) is 9.59 Å². The Balaban J connectivity index is 2.28. The second-order valence-corrected chi connectivity index (χ2v) is 6.24. The fraction of sp³-hybridized carbons (Fsp3) is 0.750. The largest absolute Gasteiger partial charge is 0.369 e. The number of nitrogens with zero attached hydrogens (tertiary/aromatic N) is 1. The van der Waals surface area contributed by atoms with Crippen molar-refractivity contribution in [3.8, 4) is 0 Å². The first-order valence-corrected chi connectivity index (χ1v) is 7.92.